The molecule has 9 heteroatoms. The summed E-state index contributed by atoms with van der Waals surface area (Å²) in [6.07, 6.45) is 41.8. The van der Waals surface area contributed by atoms with Crippen LogP contribution in [0.25, 0.3) is 0 Å². The van der Waals surface area contributed by atoms with Crippen LogP contribution in [0.15, 0.2) is 36.5 Å². The molecule has 0 aromatic heterocycles. The highest BCUT2D eigenvalue weighted by Crippen LogP contribution is 2.23. The van der Waals surface area contributed by atoms with E-state index in [1.807, 2.05) is 6.08 Å². The van der Waals surface area contributed by atoms with Crippen LogP contribution in [0.2, 0.25) is 0 Å². The molecular weight excluding hydrogens is 731 g/mol. The number of ether oxygens (including phenoxy) is 2. The van der Waals surface area contributed by atoms with Gasteiger partial charge in [0.15, 0.2) is 6.29 Å². The largest absolute Gasteiger partial charge is 0.394 e. The number of allylic oxidation sites excluding steroid dienone is 5. The molecule has 1 amide bonds. The third-order valence-corrected chi connectivity index (χ3v) is 11.5. The van der Waals surface area contributed by atoms with E-state index in [4.69, 9.17) is 9.47 Å². The second kappa shape index (κ2) is 39.5. The lowest BCUT2D eigenvalue weighted by atomic mass is 9.99. The van der Waals surface area contributed by atoms with E-state index in [-0.39, 0.29) is 12.5 Å². The van der Waals surface area contributed by atoms with E-state index in [0.29, 0.717) is 6.42 Å². The lowest BCUT2D eigenvalue weighted by Gasteiger charge is -2.40. The second-order valence-corrected chi connectivity index (χ2v) is 16.9. The lowest BCUT2D eigenvalue weighted by molar-refractivity contribution is -0.302. The topological polar surface area (TPSA) is 149 Å². The van der Waals surface area contributed by atoms with Crippen molar-refractivity contribution in [3.63, 3.8) is 0 Å². The van der Waals surface area contributed by atoms with Gasteiger partial charge in [0, 0.05) is 6.42 Å². The molecule has 9 nitrogen and oxygen atoms in total. The van der Waals surface area contributed by atoms with Gasteiger partial charge in [0.2, 0.25) is 5.91 Å². The number of aliphatic hydroxyl groups excluding tert-OH is 5. The SMILES string of the molecule is CCCCCC/C=C\C/C=C\CCCCCCCCCC(=O)NC(COC1OC(CO)C(O)C(O)C1O)C(O)/C=C/CCCCCCCCCCCCCCCCC. The average molecular weight is 822 g/mol. The molecule has 0 spiro atoms. The molecular formula is C49H91NO8. The van der Waals surface area contributed by atoms with Crippen molar-refractivity contribution in [2.75, 3.05) is 13.2 Å². The molecule has 1 heterocycles. The van der Waals surface area contributed by atoms with E-state index < -0.39 is 49.5 Å². The van der Waals surface area contributed by atoms with Gasteiger partial charge in [-0.2, -0.15) is 0 Å². The van der Waals surface area contributed by atoms with Crippen LogP contribution in [-0.2, 0) is 14.3 Å². The molecule has 7 atom stereocenters. The van der Waals surface area contributed by atoms with Crippen molar-refractivity contribution in [1.82, 2.24) is 5.32 Å². The van der Waals surface area contributed by atoms with E-state index >= 15 is 0 Å². The summed E-state index contributed by atoms with van der Waals surface area (Å²) < 4.78 is 11.2. The van der Waals surface area contributed by atoms with Crippen LogP contribution < -0.4 is 5.32 Å². The van der Waals surface area contributed by atoms with Crippen molar-refractivity contribution < 1.29 is 39.8 Å². The summed E-state index contributed by atoms with van der Waals surface area (Å²) in [5.41, 5.74) is 0. The van der Waals surface area contributed by atoms with Crippen molar-refractivity contribution in [2.45, 2.75) is 256 Å². The maximum Gasteiger partial charge on any atom is 0.220 e. The minimum atomic E-state index is -1.57. The highest BCUT2D eigenvalue weighted by molar-refractivity contribution is 5.76. The molecule has 1 aliphatic rings. The Morgan fingerprint density at radius 2 is 1.02 bits per heavy atom. The van der Waals surface area contributed by atoms with E-state index in [2.05, 4.69) is 43.5 Å². The summed E-state index contributed by atoms with van der Waals surface area (Å²) in [4.78, 5) is 13.0. The fourth-order valence-electron chi connectivity index (χ4n) is 7.54. The number of hydrogen-bond donors (Lipinski definition) is 6. The van der Waals surface area contributed by atoms with Gasteiger partial charge < -0.3 is 40.3 Å². The fourth-order valence-corrected chi connectivity index (χ4v) is 7.54. The normalized spacial score (nSPS) is 21.1. The molecule has 0 radical (unpaired) electrons. The zero-order chi connectivity index (χ0) is 42.3. The van der Waals surface area contributed by atoms with E-state index in [9.17, 15) is 30.3 Å². The van der Waals surface area contributed by atoms with Crippen LogP contribution >= 0.6 is 0 Å². The number of nitrogens with one attached hydrogen (secondary N) is 1. The third kappa shape index (κ3) is 29.6. The molecule has 0 aliphatic carbocycles. The van der Waals surface area contributed by atoms with Crippen molar-refractivity contribution in [1.29, 1.82) is 0 Å². The Morgan fingerprint density at radius 3 is 1.50 bits per heavy atom. The predicted octanol–water partition coefficient (Wildman–Crippen LogP) is 10.5. The molecule has 6 N–H and O–H groups in total. The lowest BCUT2D eigenvalue weighted by Crippen LogP contribution is -2.60. The minimum absolute atomic E-state index is 0.185. The van der Waals surface area contributed by atoms with Gasteiger partial charge in [-0.05, 0) is 51.4 Å². The number of unbranched alkanes of at least 4 members (excludes halogenated alkanes) is 26. The molecule has 0 saturated carbocycles. The van der Waals surface area contributed by atoms with Gasteiger partial charge >= 0.3 is 0 Å². The van der Waals surface area contributed by atoms with Gasteiger partial charge in [-0.3, -0.25) is 4.79 Å². The molecule has 0 aromatic carbocycles. The number of hydrogen-bond acceptors (Lipinski definition) is 8. The van der Waals surface area contributed by atoms with Gasteiger partial charge in [-0.25, -0.2) is 0 Å². The first-order chi connectivity index (χ1) is 28.3. The van der Waals surface area contributed by atoms with Gasteiger partial charge in [0.25, 0.3) is 0 Å². The first-order valence-electron chi connectivity index (χ1n) is 24.2. The summed E-state index contributed by atoms with van der Waals surface area (Å²) in [5.74, 6) is -0.185. The smallest absolute Gasteiger partial charge is 0.220 e. The van der Waals surface area contributed by atoms with E-state index in [0.717, 1.165) is 57.8 Å². The molecule has 1 aliphatic heterocycles. The predicted molar refractivity (Wildman–Crippen MR) is 240 cm³/mol. The van der Waals surface area contributed by atoms with Crippen LogP contribution in [-0.4, -0.2) is 87.5 Å². The summed E-state index contributed by atoms with van der Waals surface area (Å²) in [7, 11) is 0. The second-order valence-electron chi connectivity index (χ2n) is 16.9. The fraction of sp³-hybridized carbons (Fsp3) is 0.857. The van der Waals surface area contributed by atoms with Crippen molar-refractivity contribution >= 4 is 5.91 Å². The summed E-state index contributed by atoms with van der Waals surface area (Å²) in [6, 6.07) is -0.808. The Morgan fingerprint density at radius 1 is 0.586 bits per heavy atom. The van der Waals surface area contributed by atoms with Gasteiger partial charge in [-0.1, -0.05) is 192 Å². The van der Waals surface area contributed by atoms with Crippen LogP contribution in [0.5, 0.6) is 0 Å². The number of rotatable bonds is 40. The van der Waals surface area contributed by atoms with Gasteiger partial charge in [0.1, 0.15) is 24.4 Å². The first kappa shape index (κ1) is 54.4. The van der Waals surface area contributed by atoms with Crippen LogP contribution in [0.4, 0.5) is 0 Å². The summed E-state index contributed by atoms with van der Waals surface area (Å²) >= 11 is 0. The maximum atomic E-state index is 13.0. The highest BCUT2D eigenvalue weighted by Gasteiger charge is 2.44. The van der Waals surface area contributed by atoms with E-state index in [1.54, 1.807) is 6.08 Å². The minimum Gasteiger partial charge on any atom is -0.394 e. The zero-order valence-electron chi connectivity index (χ0n) is 37.3. The van der Waals surface area contributed by atoms with E-state index in [1.165, 1.54) is 135 Å². The molecule has 0 aromatic rings. The third-order valence-electron chi connectivity index (χ3n) is 11.5. The van der Waals surface area contributed by atoms with Gasteiger partial charge in [-0.15, -0.1) is 0 Å². The van der Waals surface area contributed by atoms with Crippen LogP contribution in [0.3, 0.4) is 0 Å². The molecule has 0 bridgehead atoms. The highest BCUT2D eigenvalue weighted by atomic mass is 16.7. The van der Waals surface area contributed by atoms with Crippen LogP contribution in [0.1, 0.15) is 213 Å². The molecule has 1 fully saturated rings. The molecule has 340 valence electrons. The first-order valence-corrected chi connectivity index (χ1v) is 24.2. The number of carbonyl (C=O) groups is 1. The van der Waals surface area contributed by atoms with Gasteiger partial charge in [0.05, 0.1) is 25.4 Å². The summed E-state index contributed by atoms with van der Waals surface area (Å²) in [6.45, 7) is 3.76. The number of amides is 1. The quantitative estimate of drug-likeness (QED) is 0.0264. The number of carbonyl (C=O) groups excluding carboxylic acids is 1. The summed E-state index contributed by atoms with van der Waals surface area (Å²) in [5, 5.41) is 54.3. The molecule has 7 unspecified atom stereocenters. The standard InChI is InChI=1S/C49H91NO8/c1-3-5-7-9-11-13-15-17-19-21-23-25-27-29-31-33-35-37-39-45(53)50-42(41-57-49-48(56)47(55)46(54)44(40-51)58-49)43(52)38-36-34-32-30-28-26-24-22-20-18-16-14-12-10-8-6-4-2/h13,15,19,21,36,38,42-44,46-49,51-52,54-56H,3-12,14,16-18,20,22-35,37,39-41H2,1-2H3,(H,50,53)/b15-13-,21-19-,38-36+. The molecule has 58 heavy (non-hydrogen) atoms. The van der Waals surface area contributed by atoms with Crippen molar-refractivity contribution in [3.8, 4) is 0 Å². The zero-order valence-corrected chi connectivity index (χ0v) is 37.3. The van der Waals surface area contributed by atoms with Crippen LogP contribution in [0, 0.1) is 0 Å². The Labute approximate surface area is 355 Å². The number of aliphatic hydroxyl groups is 5. The van der Waals surface area contributed by atoms with Crippen molar-refractivity contribution in [2.24, 2.45) is 0 Å². The average Bonchev–Trinajstić information content (AvgIpc) is 3.22. The Bertz CT molecular complexity index is 1000. The Balaban J connectivity index is 2.34. The Hall–Kier alpha value is -1.59. The molecule has 1 saturated heterocycles. The van der Waals surface area contributed by atoms with Crippen molar-refractivity contribution in [3.05, 3.63) is 36.5 Å². The molecule has 1 rings (SSSR count). The maximum absolute atomic E-state index is 13.0. The monoisotopic (exact) mass is 822 g/mol. The Kier molecular flexibility index (Phi) is 37.1.